The SMILES string of the molecule is CC(=O)Oc1ccc(-c2ccc(CC(=O)N(C)Cc3cccc(-c4ccc(CC5SC(=O)NC5=O)cc4)c3)cc2)cc1. The van der Waals surface area contributed by atoms with E-state index < -0.39 is 0 Å². The predicted molar refractivity (Wildman–Crippen MR) is 164 cm³/mol. The van der Waals surface area contributed by atoms with E-state index in [2.05, 4.69) is 11.4 Å². The molecule has 1 aliphatic rings. The van der Waals surface area contributed by atoms with Crippen LogP contribution in [0.1, 0.15) is 23.6 Å². The lowest BCUT2D eigenvalue weighted by Gasteiger charge is -2.18. The summed E-state index contributed by atoms with van der Waals surface area (Å²) in [6, 6.07) is 31.3. The first kappa shape index (κ1) is 28.8. The molecule has 7 nitrogen and oxygen atoms in total. The summed E-state index contributed by atoms with van der Waals surface area (Å²) in [5, 5.41) is 1.65. The molecule has 1 atom stereocenters. The Labute approximate surface area is 248 Å². The van der Waals surface area contributed by atoms with Gasteiger partial charge in [-0.3, -0.25) is 24.5 Å². The van der Waals surface area contributed by atoms with Crippen LogP contribution >= 0.6 is 11.8 Å². The normalized spacial score (nSPS) is 14.4. The molecule has 212 valence electrons. The lowest BCUT2D eigenvalue weighted by atomic mass is 10.00. The van der Waals surface area contributed by atoms with Crippen molar-refractivity contribution in [3.8, 4) is 28.0 Å². The van der Waals surface area contributed by atoms with Gasteiger partial charge < -0.3 is 9.64 Å². The Bertz CT molecular complexity index is 1620. The lowest BCUT2D eigenvalue weighted by Crippen LogP contribution is -2.27. The summed E-state index contributed by atoms with van der Waals surface area (Å²) in [6.45, 7) is 1.86. The van der Waals surface area contributed by atoms with Crippen LogP contribution in [0.2, 0.25) is 0 Å². The average Bonchev–Trinajstić information content (AvgIpc) is 3.30. The number of carbonyl (C=O) groups excluding carboxylic acids is 4. The average molecular weight is 579 g/mol. The van der Waals surface area contributed by atoms with Gasteiger partial charge in [0, 0.05) is 20.5 Å². The smallest absolute Gasteiger partial charge is 0.308 e. The van der Waals surface area contributed by atoms with Gasteiger partial charge in [-0.1, -0.05) is 90.6 Å². The number of benzene rings is 4. The first-order valence-electron chi connectivity index (χ1n) is 13.5. The highest BCUT2D eigenvalue weighted by Gasteiger charge is 2.31. The zero-order valence-electron chi connectivity index (χ0n) is 23.3. The second-order valence-electron chi connectivity index (χ2n) is 10.2. The number of imide groups is 1. The minimum Gasteiger partial charge on any atom is -0.427 e. The number of nitrogens with one attached hydrogen (secondary N) is 1. The van der Waals surface area contributed by atoms with Crippen LogP contribution in [-0.4, -0.2) is 40.2 Å². The molecule has 8 heteroatoms. The van der Waals surface area contributed by atoms with Crippen molar-refractivity contribution < 1.29 is 23.9 Å². The van der Waals surface area contributed by atoms with Gasteiger partial charge in [-0.2, -0.15) is 0 Å². The van der Waals surface area contributed by atoms with E-state index in [0.717, 1.165) is 50.7 Å². The largest absolute Gasteiger partial charge is 0.427 e. The van der Waals surface area contributed by atoms with Crippen LogP contribution in [0, 0.1) is 0 Å². The van der Waals surface area contributed by atoms with Crippen molar-refractivity contribution in [1.82, 2.24) is 10.2 Å². The highest BCUT2D eigenvalue weighted by atomic mass is 32.2. The molecule has 0 spiro atoms. The standard InChI is InChI=1S/C34H30N2O5S/c1-22(37)41-30-16-14-27(15-17-30)26-10-8-24(9-11-26)20-32(38)36(2)21-25-4-3-5-29(18-25)28-12-6-23(7-13-28)19-31-33(39)35-34(40)42-31/h3-18,31H,19-21H2,1-2H3,(H,35,39,40). The molecule has 3 amide bonds. The maximum absolute atomic E-state index is 13.0. The molecule has 1 unspecified atom stereocenters. The molecule has 5 rings (SSSR count). The Morgan fingerprint density at radius 1 is 0.786 bits per heavy atom. The van der Waals surface area contributed by atoms with Crippen molar-refractivity contribution in [3.05, 3.63) is 114 Å². The summed E-state index contributed by atoms with van der Waals surface area (Å²) in [5.41, 5.74) is 7.03. The summed E-state index contributed by atoms with van der Waals surface area (Å²) in [7, 11) is 1.81. The molecule has 0 bridgehead atoms. The van der Waals surface area contributed by atoms with Gasteiger partial charge in [0.1, 0.15) is 5.75 Å². The number of amides is 3. The molecule has 1 aliphatic heterocycles. The molecular weight excluding hydrogens is 548 g/mol. The molecule has 0 saturated carbocycles. The van der Waals surface area contributed by atoms with E-state index in [4.69, 9.17) is 4.74 Å². The van der Waals surface area contributed by atoms with Crippen LogP contribution < -0.4 is 10.1 Å². The molecular formula is C34H30N2O5S. The van der Waals surface area contributed by atoms with Crippen molar-refractivity contribution in [3.63, 3.8) is 0 Å². The van der Waals surface area contributed by atoms with Crippen LogP contribution in [0.15, 0.2) is 97.1 Å². The van der Waals surface area contributed by atoms with Crippen molar-refractivity contribution in [2.75, 3.05) is 7.05 Å². The van der Waals surface area contributed by atoms with Gasteiger partial charge in [-0.25, -0.2) is 0 Å². The topological polar surface area (TPSA) is 92.8 Å². The third-order valence-electron chi connectivity index (χ3n) is 7.01. The fourth-order valence-corrected chi connectivity index (χ4v) is 5.65. The van der Waals surface area contributed by atoms with Crippen LogP contribution in [0.4, 0.5) is 4.79 Å². The van der Waals surface area contributed by atoms with Gasteiger partial charge in [0.05, 0.1) is 11.7 Å². The Hall–Kier alpha value is -4.69. The second-order valence-corrected chi connectivity index (χ2v) is 11.4. The molecule has 4 aromatic rings. The first-order chi connectivity index (χ1) is 20.2. The maximum atomic E-state index is 13.0. The number of carbonyl (C=O) groups is 4. The number of hydrogen-bond donors (Lipinski definition) is 1. The van der Waals surface area contributed by atoms with Crippen molar-refractivity contribution >= 4 is 34.8 Å². The molecule has 0 aliphatic carbocycles. The number of esters is 1. The molecule has 42 heavy (non-hydrogen) atoms. The summed E-state index contributed by atoms with van der Waals surface area (Å²) in [5.74, 6) is -0.0597. The van der Waals surface area contributed by atoms with Gasteiger partial charge >= 0.3 is 5.97 Å². The Kier molecular flexibility index (Phi) is 8.83. The third-order valence-corrected chi connectivity index (χ3v) is 7.99. The zero-order chi connectivity index (χ0) is 29.6. The van der Waals surface area contributed by atoms with E-state index in [0.29, 0.717) is 25.1 Å². The highest BCUT2D eigenvalue weighted by Crippen LogP contribution is 2.26. The summed E-state index contributed by atoms with van der Waals surface area (Å²) in [6.07, 6.45) is 0.801. The van der Waals surface area contributed by atoms with Gasteiger partial charge in [0.15, 0.2) is 0 Å². The van der Waals surface area contributed by atoms with Gasteiger partial charge in [0.25, 0.3) is 5.24 Å². The Morgan fingerprint density at radius 2 is 1.38 bits per heavy atom. The number of likely N-dealkylation sites (N-methyl/N-ethyl adjacent to an activating group) is 1. The predicted octanol–water partition coefficient (Wildman–Crippen LogP) is 6.04. The number of nitrogens with zero attached hydrogens (tertiary/aromatic N) is 1. The fraction of sp³-hybridized carbons (Fsp3) is 0.176. The minimum absolute atomic E-state index is 0.0236. The third kappa shape index (κ3) is 7.33. The Balaban J connectivity index is 1.16. The van der Waals surface area contributed by atoms with Gasteiger partial charge in [-0.05, 0) is 63.6 Å². The number of ether oxygens (including phenoxy) is 1. The van der Waals surface area contributed by atoms with Crippen molar-refractivity contribution in [2.24, 2.45) is 0 Å². The summed E-state index contributed by atoms with van der Waals surface area (Å²) < 4.78 is 5.09. The quantitative estimate of drug-likeness (QED) is 0.192. The van der Waals surface area contributed by atoms with Crippen LogP contribution in [-0.2, 0) is 33.8 Å². The zero-order valence-corrected chi connectivity index (χ0v) is 24.1. The molecule has 1 fully saturated rings. The summed E-state index contributed by atoms with van der Waals surface area (Å²) >= 11 is 1.04. The molecule has 1 N–H and O–H groups in total. The minimum atomic E-state index is -0.384. The van der Waals surface area contributed by atoms with Crippen molar-refractivity contribution in [2.45, 2.75) is 31.6 Å². The molecule has 0 aromatic heterocycles. The van der Waals surface area contributed by atoms with E-state index in [-0.39, 0.29) is 28.3 Å². The molecule has 0 radical (unpaired) electrons. The van der Waals surface area contributed by atoms with Crippen LogP contribution in [0.25, 0.3) is 22.3 Å². The van der Waals surface area contributed by atoms with E-state index in [9.17, 15) is 19.2 Å². The highest BCUT2D eigenvalue weighted by molar-refractivity contribution is 8.15. The molecule has 1 heterocycles. The number of hydrogen-bond acceptors (Lipinski definition) is 6. The van der Waals surface area contributed by atoms with E-state index in [1.807, 2.05) is 85.9 Å². The molecule has 4 aromatic carbocycles. The van der Waals surface area contributed by atoms with Crippen LogP contribution in [0.3, 0.4) is 0 Å². The van der Waals surface area contributed by atoms with Crippen molar-refractivity contribution in [1.29, 1.82) is 0 Å². The van der Waals surface area contributed by atoms with E-state index >= 15 is 0 Å². The van der Waals surface area contributed by atoms with Gasteiger partial charge in [0.2, 0.25) is 11.8 Å². The van der Waals surface area contributed by atoms with Gasteiger partial charge in [-0.15, -0.1) is 0 Å². The number of rotatable bonds is 9. The Morgan fingerprint density at radius 3 is 1.98 bits per heavy atom. The van der Waals surface area contributed by atoms with E-state index in [1.54, 1.807) is 17.0 Å². The summed E-state index contributed by atoms with van der Waals surface area (Å²) in [4.78, 5) is 49.1. The molecule has 1 saturated heterocycles. The number of thioether (sulfide) groups is 1. The maximum Gasteiger partial charge on any atom is 0.308 e. The fourth-order valence-electron chi connectivity index (χ4n) is 4.79. The second kappa shape index (κ2) is 12.9. The first-order valence-corrected chi connectivity index (χ1v) is 14.4. The van der Waals surface area contributed by atoms with Crippen LogP contribution in [0.5, 0.6) is 5.75 Å². The van der Waals surface area contributed by atoms with E-state index in [1.165, 1.54) is 6.92 Å². The lowest BCUT2D eigenvalue weighted by molar-refractivity contribution is -0.132. The monoisotopic (exact) mass is 578 g/mol.